The molecule has 0 spiro atoms. The van der Waals surface area contributed by atoms with Gasteiger partial charge in [-0.25, -0.2) is 0 Å². The van der Waals surface area contributed by atoms with Gasteiger partial charge in [-0.3, -0.25) is 9.59 Å². The van der Waals surface area contributed by atoms with Crippen LogP contribution in [-0.4, -0.2) is 30.3 Å². The number of hydrogen-bond acceptors (Lipinski definition) is 2. The second-order valence-corrected chi connectivity index (χ2v) is 4.35. The molecule has 0 bridgehead atoms. The highest BCUT2D eigenvalue weighted by molar-refractivity contribution is 6.02. The van der Waals surface area contributed by atoms with Gasteiger partial charge in [-0.1, -0.05) is 36.4 Å². The molecule has 0 radical (unpaired) electrons. The minimum Gasteiger partial charge on any atom is -0.331 e. The van der Waals surface area contributed by atoms with Gasteiger partial charge in [-0.2, -0.15) is 0 Å². The molecule has 1 aliphatic heterocycles. The number of rotatable bonds is 3. The first kappa shape index (κ1) is 12.4. The average molecular weight is 244 g/mol. The average Bonchev–Trinajstić information content (AvgIpc) is 2.36. The molecular formula is C14H16N2O2. The van der Waals surface area contributed by atoms with Crippen LogP contribution in [0.25, 0.3) is 0 Å². The first-order valence-corrected chi connectivity index (χ1v) is 5.96. The fourth-order valence-corrected chi connectivity index (χ4v) is 1.90. The van der Waals surface area contributed by atoms with Crippen LogP contribution in [-0.2, 0) is 16.0 Å². The number of amides is 2. The Morgan fingerprint density at radius 2 is 2.00 bits per heavy atom. The summed E-state index contributed by atoms with van der Waals surface area (Å²) in [7, 11) is 1.63. The van der Waals surface area contributed by atoms with E-state index in [1.807, 2.05) is 30.3 Å². The van der Waals surface area contributed by atoms with Crippen LogP contribution in [0.2, 0.25) is 0 Å². The van der Waals surface area contributed by atoms with Gasteiger partial charge >= 0.3 is 0 Å². The Labute approximate surface area is 106 Å². The molecule has 0 aromatic heterocycles. The summed E-state index contributed by atoms with van der Waals surface area (Å²) < 4.78 is 0. The molecule has 0 saturated carbocycles. The molecule has 1 aromatic rings. The normalized spacial score (nSPS) is 18.1. The zero-order valence-corrected chi connectivity index (χ0v) is 10.3. The largest absolute Gasteiger partial charge is 0.331 e. The van der Waals surface area contributed by atoms with Gasteiger partial charge in [0.15, 0.2) is 0 Å². The van der Waals surface area contributed by atoms with E-state index >= 15 is 0 Å². The number of nitrogens with zero attached hydrogens (tertiary/aromatic N) is 1. The van der Waals surface area contributed by atoms with Gasteiger partial charge in [0.05, 0.1) is 6.54 Å². The van der Waals surface area contributed by atoms with E-state index in [4.69, 9.17) is 0 Å². The van der Waals surface area contributed by atoms with Gasteiger partial charge < -0.3 is 10.2 Å². The molecule has 2 rings (SSSR count). The number of allylic oxidation sites excluding steroid dienone is 1. The van der Waals surface area contributed by atoms with E-state index < -0.39 is 0 Å². The molecule has 0 atom stereocenters. The topological polar surface area (TPSA) is 49.4 Å². The van der Waals surface area contributed by atoms with Crippen LogP contribution in [0.15, 0.2) is 42.1 Å². The van der Waals surface area contributed by atoms with Crippen molar-refractivity contribution in [2.45, 2.75) is 12.8 Å². The monoisotopic (exact) mass is 244 g/mol. The highest BCUT2D eigenvalue weighted by atomic mass is 16.2. The predicted molar refractivity (Wildman–Crippen MR) is 68.6 cm³/mol. The molecule has 1 fully saturated rings. The van der Waals surface area contributed by atoms with Gasteiger partial charge in [0, 0.05) is 7.05 Å². The number of carbonyl (C=O) groups excluding carboxylic acids is 2. The van der Waals surface area contributed by atoms with Crippen molar-refractivity contribution in [2.75, 3.05) is 13.6 Å². The summed E-state index contributed by atoms with van der Waals surface area (Å²) in [6.45, 7) is 0.134. The van der Waals surface area contributed by atoms with Gasteiger partial charge in [-0.15, -0.1) is 0 Å². The van der Waals surface area contributed by atoms with Crippen LogP contribution in [0.1, 0.15) is 12.0 Å². The summed E-state index contributed by atoms with van der Waals surface area (Å²) in [5.41, 5.74) is 1.61. The van der Waals surface area contributed by atoms with Crippen LogP contribution in [0.4, 0.5) is 0 Å². The summed E-state index contributed by atoms with van der Waals surface area (Å²) in [5.74, 6) is -0.259. The van der Waals surface area contributed by atoms with E-state index in [-0.39, 0.29) is 18.4 Å². The van der Waals surface area contributed by atoms with Crippen molar-refractivity contribution in [1.29, 1.82) is 0 Å². The van der Waals surface area contributed by atoms with Crippen molar-refractivity contribution in [1.82, 2.24) is 10.2 Å². The maximum Gasteiger partial charge on any atom is 0.270 e. The van der Waals surface area contributed by atoms with E-state index in [2.05, 4.69) is 5.32 Å². The van der Waals surface area contributed by atoms with Crippen LogP contribution in [0.5, 0.6) is 0 Å². The number of piperazine rings is 1. The number of nitrogens with one attached hydrogen (secondary N) is 1. The van der Waals surface area contributed by atoms with E-state index in [1.54, 1.807) is 13.1 Å². The second kappa shape index (κ2) is 5.49. The summed E-state index contributed by atoms with van der Waals surface area (Å²) in [4.78, 5) is 24.5. The Morgan fingerprint density at radius 1 is 1.28 bits per heavy atom. The Morgan fingerprint density at radius 3 is 2.72 bits per heavy atom. The molecule has 1 heterocycles. The predicted octanol–water partition coefficient (Wildman–Crippen LogP) is 1.09. The second-order valence-electron chi connectivity index (χ2n) is 4.35. The molecule has 0 aliphatic carbocycles. The third kappa shape index (κ3) is 2.97. The molecular weight excluding hydrogens is 228 g/mol. The molecule has 1 aliphatic rings. The van der Waals surface area contributed by atoms with E-state index in [1.165, 1.54) is 10.5 Å². The van der Waals surface area contributed by atoms with Crippen LogP contribution in [0.3, 0.4) is 0 Å². The maximum atomic E-state index is 11.8. The summed E-state index contributed by atoms with van der Waals surface area (Å²) in [6, 6.07) is 10.0. The zero-order valence-electron chi connectivity index (χ0n) is 10.3. The molecule has 1 saturated heterocycles. The molecule has 1 N–H and O–H groups in total. The minimum absolute atomic E-state index is 0.123. The van der Waals surface area contributed by atoms with Crippen molar-refractivity contribution in [3.63, 3.8) is 0 Å². The Kier molecular flexibility index (Phi) is 3.77. The van der Waals surface area contributed by atoms with Crippen LogP contribution >= 0.6 is 0 Å². The van der Waals surface area contributed by atoms with E-state index in [9.17, 15) is 9.59 Å². The lowest BCUT2D eigenvalue weighted by atomic mass is 10.1. The fourth-order valence-electron chi connectivity index (χ4n) is 1.90. The van der Waals surface area contributed by atoms with Crippen molar-refractivity contribution >= 4 is 11.8 Å². The number of benzene rings is 1. The van der Waals surface area contributed by atoms with Crippen LogP contribution < -0.4 is 5.32 Å². The molecule has 1 aromatic carbocycles. The van der Waals surface area contributed by atoms with Gasteiger partial charge in [0.2, 0.25) is 5.91 Å². The number of likely N-dealkylation sites (N-methyl/N-ethyl adjacent to an activating group) is 1. The fraction of sp³-hybridized carbons (Fsp3) is 0.286. The third-order valence-corrected chi connectivity index (χ3v) is 2.86. The molecule has 0 unspecified atom stereocenters. The number of aryl methyl sites for hydroxylation is 1. The third-order valence-electron chi connectivity index (χ3n) is 2.86. The van der Waals surface area contributed by atoms with Crippen LogP contribution in [0, 0.1) is 0 Å². The van der Waals surface area contributed by atoms with Crippen molar-refractivity contribution in [2.24, 2.45) is 0 Å². The molecule has 18 heavy (non-hydrogen) atoms. The Balaban J connectivity index is 1.96. The first-order chi connectivity index (χ1) is 8.66. The Hall–Kier alpha value is -2.10. The minimum atomic E-state index is -0.136. The molecule has 4 nitrogen and oxygen atoms in total. The summed E-state index contributed by atoms with van der Waals surface area (Å²) in [6.07, 6.45) is 3.39. The lowest BCUT2D eigenvalue weighted by Gasteiger charge is -2.24. The molecule has 2 amide bonds. The number of hydrogen-bond donors (Lipinski definition) is 1. The highest BCUT2D eigenvalue weighted by Crippen LogP contribution is 2.07. The molecule has 4 heteroatoms. The van der Waals surface area contributed by atoms with Crippen molar-refractivity contribution in [3.8, 4) is 0 Å². The van der Waals surface area contributed by atoms with E-state index in [0.29, 0.717) is 5.70 Å². The lowest BCUT2D eigenvalue weighted by molar-refractivity contribution is -0.136. The molecule has 94 valence electrons. The lowest BCUT2D eigenvalue weighted by Crippen LogP contribution is -2.48. The Bertz CT molecular complexity index is 480. The standard InChI is InChI=1S/C14H16N2O2/c1-16-10-13(17)15-12(14(16)18)9-5-8-11-6-3-2-4-7-11/h2-4,6-7,9H,5,8,10H2,1H3,(H,15,17)/b12-9+. The highest BCUT2D eigenvalue weighted by Gasteiger charge is 2.24. The smallest absolute Gasteiger partial charge is 0.270 e. The van der Waals surface area contributed by atoms with Crippen molar-refractivity contribution in [3.05, 3.63) is 47.7 Å². The quantitative estimate of drug-likeness (QED) is 0.809. The SMILES string of the molecule is CN1CC(=O)N/C(=C/CCc2ccccc2)C1=O. The van der Waals surface area contributed by atoms with E-state index in [0.717, 1.165) is 12.8 Å². The van der Waals surface area contributed by atoms with Gasteiger partial charge in [0.1, 0.15) is 5.70 Å². The summed E-state index contributed by atoms with van der Waals surface area (Å²) in [5, 5.41) is 2.61. The number of carbonyl (C=O) groups is 2. The first-order valence-electron chi connectivity index (χ1n) is 5.96. The van der Waals surface area contributed by atoms with Crippen molar-refractivity contribution < 1.29 is 9.59 Å². The maximum absolute atomic E-state index is 11.8. The summed E-state index contributed by atoms with van der Waals surface area (Å²) >= 11 is 0. The van der Waals surface area contributed by atoms with Gasteiger partial charge in [0.25, 0.3) is 5.91 Å². The zero-order chi connectivity index (χ0) is 13.0. The van der Waals surface area contributed by atoms with Gasteiger partial charge in [-0.05, 0) is 18.4 Å².